The Kier molecular flexibility index (Phi) is 5.48. The topological polar surface area (TPSA) is 94.3 Å². The number of hydrogen-bond donors (Lipinski definition) is 2. The van der Waals surface area contributed by atoms with E-state index in [1.54, 1.807) is 0 Å². The Labute approximate surface area is 144 Å². The highest BCUT2D eigenvalue weighted by molar-refractivity contribution is 6.32. The van der Waals surface area contributed by atoms with E-state index in [0.717, 1.165) is 6.07 Å². The number of halogens is 4. The van der Waals surface area contributed by atoms with E-state index < -0.39 is 35.9 Å². The van der Waals surface area contributed by atoms with Gasteiger partial charge >= 0.3 is 12.1 Å². The molecule has 0 radical (unpaired) electrons. The molecule has 0 aliphatic heterocycles. The predicted molar refractivity (Wildman–Crippen MR) is 84.0 cm³/mol. The molecular weight excluding hydrogens is 363 g/mol. The largest absolute Gasteiger partial charge is 0.452 e. The Hall–Kier alpha value is -2.81. The number of hydrogen-bond acceptors (Lipinski definition) is 5. The minimum atomic E-state index is -4.58. The number of benzene rings is 1. The highest BCUT2D eigenvalue weighted by Gasteiger charge is 2.31. The second-order valence-electron chi connectivity index (χ2n) is 4.77. The van der Waals surface area contributed by atoms with Crippen LogP contribution in [0.1, 0.15) is 15.9 Å². The van der Waals surface area contributed by atoms with Crippen LogP contribution >= 0.6 is 11.6 Å². The minimum Gasteiger partial charge on any atom is -0.452 e. The summed E-state index contributed by atoms with van der Waals surface area (Å²) in [6, 6.07) is 5.23. The number of anilines is 2. The standard InChI is InChI=1S/C15H11ClF3N3O3/c16-13-11(2-1-5-21-13)22-12(23)7-25-14(24)9-4-3-8(6-10(9)20)15(17,18)19/h1-6H,7,20H2,(H,22,23). The Morgan fingerprint density at radius 1 is 1.28 bits per heavy atom. The fourth-order valence-electron chi connectivity index (χ4n) is 1.80. The quantitative estimate of drug-likeness (QED) is 0.488. The molecule has 0 spiro atoms. The normalized spacial score (nSPS) is 11.0. The van der Waals surface area contributed by atoms with Gasteiger partial charge in [-0.3, -0.25) is 4.79 Å². The lowest BCUT2D eigenvalue weighted by Crippen LogP contribution is -2.21. The average Bonchev–Trinajstić information content (AvgIpc) is 2.54. The zero-order chi connectivity index (χ0) is 18.6. The van der Waals surface area contributed by atoms with E-state index in [0.29, 0.717) is 12.1 Å². The van der Waals surface area contributed by atoms with Crippen LogP contribution in [-0.4, -0.2) is 23.5 Å². The molecule has 0 fully saturated rings. The minimum absolute atomic E-state index is 0.0501. The number of nitrogens with zero attached hydrogens (tertiary/aromatic N) is 1. The molecule has 6 nitrogen and oxygen atoms in total. The number of carbonyl (C=O) groups is 2. The van der Waals surface area contributed by atoms with Crippen molar-refractivity contribution in [1.29, 1.82) is 0 Å². The van der Waals surface area contributed by atoms with Crippen LogP contribution in [0.15, 0.2) is 36.5 Å². The monoisotopic (exact) mass is 373 g/mol. The summed E-state index contributed by atoms with van der Waals surface area (Å²) in [4.78, 5) is 27.3. The van der Waals surface area contributed by atoms with Crippen molar-refractivity contribution in [3.05, 3.63) is 52.8 Å². The number of rotatable bonds is 4. The molecule has 2 rings (SSSR count). The number of carbonyl (C=O) groups excluding carboxylic acids is 2. The smallest absolute Gasteiger partial charge is 0.416 e. The molecule has 10 heteroatoms. The lowest BCUT2D eigenvalue weighted by molar-refractivity contribution is -0.137. The molecule has 0 bridgehead atoms. The van der Waals surface area contributed by atoms with E-state index in [2.05, 4.69) is 10.3 Å². The zero-order valence-electron chi connectivity index (χ0n) is 12.4. The van der Waals surface area contributed by atoms with Crippen molar-refractivity contribution in [2.24, 2.45) is 0 Å². The van der Waals surface area contributed by atoms with Gasteiger partial charge in [0, 0.05) is 11.9 Å². The van der Waals surface area contributed by atoms with Crippen LogP contribution in [0.3, 0.4) is 0 Å². The molecule has 0 saturated carbocycles. The Bertz CT molecular complexity index is 812. The number of pyridine rings is 1. The van der Waals surface area contributed by atoms with Gasteiger partial charge in [-0.15, -0.1) is 0 Å². The molecule has 1 aromatic heterocycles. The van der Waals surface area contributed by atoms with E-state index in [4.69, 9.17) is 22.1 Å². The van der Waals surface area contributed by atoms with Crippen molar-refractivity contribution < 1.29 is 27.5 Å². The van der Waals surface area contributed by atoms with Crippen LogP contribution in [-0.2, 0) is 15.7 Å². The highest BCUT2D eigenvalue weighted by Crippen LogP contribution is 2.31. The average molecular weight is 374 g/mol. The van der Waals surface area contributed by atoms with Crippen LogP contribution in [0, 0.1) is 0 Å². The molecule has 3 N–H and O–H groups in total. The molecule has 0 aliphatic carbocycles. The van der Waals surface area contributed by atoms with Gasteiger partial charge in [-0.2, -0.15) is 13.2 Å². The lowest BCUT2D eigenvalue weighted by Gasteiger charge is -2.11. The fraction of sp³-hybridized carbons (Fsp3) is 0.133. The van der Waals surface area contributed by atoms with E-state index >= 15 is 0 Å². The van der Waals surface area contributed by atoms with Crippen molar-refractivity contribution in [1.82, 2.24) is 4.98 Å². The number of ether oxygens (including phenoxy) is 1. The van der Waals surface area contributed by atoms with Gasteiger partial charge in [-0.25, -0.2) is 9.78 Å². The zero-order valence-corrected chi connectivity index (χ0v) is 13.2. The van der Waals surface area contributed by atoms with E-state index in [1.165, 1.54) is 18.3 Å². The molecule has 2 aromatic rings. The molecule has 1 amide bonds. The SMILES string of the molecule is Nc1cc(C(F)(F)F)ccc1C(=O)OCC(=O)Nc1cccnc1Cl. The Morgan fingerprint density at radius 2 is 2.00 bits per heavy atom. The first kappa shape index (κ1) is 18.5. The van der Waals surface area contributed by atoms with Crippen molar-refractivity contribution in [2.75, 3.05) is 17.7 Å². The highest BCUT2D eigenvalue weighted by atomic mass is 35.5. The predicted octanol–water partition coefficient (Wildman–Crippen LogP) is 3.13. The van der Waals surface area contributed by atoms with Gasteiger partial charge in [0.05, 0.1) is 16.8 Å². The molecular formula is C15H11ClF3N3O3. The maximum Gasteiger partial charge on any atom is 0.416 e. The third-order valence-electron chi connectivity index (χ3n) is 2.97. The van der Waals surface area contributed by atoms with Crippen molar-refractivity contribution in [3.63, 3.8) is 0 Å². The first-order valence-corrected chi connectivity index (χ1v) is 7.10. The third kappa shape index (κ3) is 4.83. The first-order valence-electron chi connectivity index (χ1n) is 6.72. The van der Waals surface area contributed by atoms with Gasteiger partial charge in [0.2, 0.25) is 0 Å². The van der Waals surface area contributed by atoms with E-state index in [-0.39, 0.29) is 16.4 Å². The van der Waals surface area contributed by atoms with Crippen LogP contribution in [0.5, 0.6) is 0 Å². The maximum absolute atomic E-state index is 12.6. The van der Waals surface area contributed by atoms with E-state index in [9.17, 15) is 22.8 Å². The summed E-state index contributed by atoms with van der Waals surface area (Å²) < 4.78 is 42.4. The summed E-state index contributed by atoms with van der Waals surface area (Å²) in [5, 5.41) is 2.42. The van der Waals surface area contributed by atoms with Crippen molar-refractivity contribution >= 4 is 34.9 Å². The molecule has 0 aliphatic rings. The van der Waals surface area contributed by atoms with E-state index in [1.807, 2.05) is 0 Å². The molecule has 1 heterocycles. The summed E-state index contributed by atoms with van der Waals surface area (Å²) in [6.07, 6.45) is -3.16. The summed E-state index contributed by atoms with van der Waals surface area (Å²) in [6.45, 7) is -0.676. The van der Waals surface area contributed by atoms with Gasteiger partial charge in [0.1, 0.15) is 0 Å². The summed E-state index contributed by atoms with van der Waals surface area (Å²) in [5.74, 6) is -1.73. The maximum atomic E-state index is 12.6. The van der Waals surface area contributed by atoms with Crippen LogP contribution in [0.2, 0.25) is 5.15 Å². The number of aromatic nitrogens is 1. The summed E-state index contributed by atoms with van der Waals surface area (Å²) in [7, 11) is 0. The second-order valence-corrected chi connectivity index (χ2v) is 5.12. The molecule has 132 valence electrons. The number of nitrogens with two attached hydrogens (primary N) is 1. The second kappa shape index (κ2) is 7.39. The fourth-order valence-corrected chi connectivity index (χ4v) is 1.97. The molecule has 25 heavy (non-hydrogen) atoms. The van der Waals surface area contributed by atoms with Gasteiger partial charge in [0.25, 0.3) is 5.91 Å². The van der Waals surface area contributed by atoms with Crippen molar-refractivity contribution in [3.8, 4) is 0 Å². The van der Waals surface area contributed by atoms with Gasteiger partial charge in [0.15, 0.2) is 11.8 Å². The van der Waals surface area contributed by atoms with Crippen LogP contribution in [0.25, 0.3) is 0 Å². The molecule has 0 unspecified atom stereocenters. The van der Waals surface area contributed by atoms with Crippen molar-refractivity contribution in [2.45, 2.75) is 6.18 Å². The Morgan fingerprint density at radius 3 is 2.60 bits per heavy atom. The van der Waals surface area contributed by atoms with Crippen LogP contribution in [0.4, 0.5) is 24.5 Å². The molecule has 0 saturated heterocycles. The first-order chi connectivity index (χ1) is 11.7. The lowest BCUT2D eigenvalue weighted by atomic mass is 10.1. The van der Waals surface area contributed by atoms with Gasteiger partial charge in [-0.1, -0.05) is 11.6 Å². The number of amides is 1. The number of alkyl halides is 3. The third-order valence-corrected chi connectivity index (χ3v) is 3.27. The molecule has 1 aromatic carbocycles. The molecule has 0 atom stereocenters. The van der Waals surface area contributed by atoms with Crippen LogP contribution < -0.4 is 11.1 Å². The summed E-state index contributed by atoms with van der Waals surface area (Å²) >= 11 is 5.76. The van der Waals surface area contributed by atoms with Gasteiger partial charge in [-0.05, 0) is 30.3 Å². The number of nitrogen functional groups attached to an aromatic ring is 1. The summed E-state index contributed by atoms with van der Waals surface area (Å²) in [5.41, 5.74) is 3.98. The number of esters is 1. The number of nitrogens with one attached hydrogen (secondary N) is 1. The van der Waals surface area contributed by atoms with Gasteiger partial charge < -0.3 is 15.8 Å². The Balaban J connectivity index is 1.98.